The first-order valence-electron chi connectivity index (χ1n) is 6.55. The number of hydrogen-bond donors (Lipinski definition) is 1. The van der Waals surface area contributed by atoms with Crippen LogP contribution >= 0.6 is 0 Å². The zero-order valence-corrected chi connectivity index (χ0v) is 10.8. The highest BCUT2D eigenvalue weighted by atomic mass is 16.1. The highest BCUT2D eigenvalue weighted by Gasteiger charge is 2.19. The molecule has 2 N–H and O–H groups in total. The van der Waals surface area contributed by atoms with Crippen molar-refractivity contribution in [3.8, 4) is 0 Å². The molecule has 0 fully saturated rings. The number of hydrogen-bond acceptors (Lipinski definition) is 3. The van der Waals surface area contributed by atoms with Gasteiger partial charge in [0.1, 0.15) is 0 Å². The van der Waals surface area contributed by atoms with Crippen molar-refractivity contribution in [2.75, 3.05) is 5.73 Å². The molecule has 20 heavy (non-hydrogen) atoms. The number of fused-ring (bicyclic) bond motifs is 4. The van der Waals surface area contributed by atoms with Crippen LogP contribution in [0.2, 0.25) is 0 Å². The van der Waals surface area contributed by atoms with Crippen LogP contribution in [-0.4, -0.2) is 12.0 Å². The highest BCUT2D eigenvalue weighted by Crippen LogP contribution is 2.37. The molecule has 0 aliphatic carbocycles. The Hall–Kier alpha value is -2.68. The second-order valence-electron chi connectivity index (χ2n) is 5.04. The van der Waals surface area contributed by atoms with Crippen LogP contribution in [0.15, 0.2) is 47.5 Å². The Kier molecular flexibility index (Phi) is 2.18. The van der Waals surface area contributed by atoms with Crippen LogP contribution in [0.3, 0.4) is 0 Å². The second-order valence-corrected chi connectivity index (χ2v) is 5.04. The Morgan fingerprint density at radius 2 is 1.70 bits per heavy atom. The molecule has 1 aliphatic heterocycles. The Balaban J connectivity index is 2.23. The maximum atomic E-state index is 12.2. The van der Waals surface area contributed by atoms with Gasteiger partial charge in [-0.15, -0.1) is 0 Å². The lowest BCUT2D eigenvalue weighted by molar-refractivity contribution is 0.100. The van der Waals surface area contributed by atoms with E-state index in [0.29, 0.717) is 23.4 Å². The fourth-order valence-corrected chi connectivity index (χ4v) is 2.84. The minimum atomic E-state index is 0.107. The minimum Gasteiger partial charge on any atom is -0.398 e. The molecule has 3 aromatic carbocycles. The lowest BCUT2D eigenvalue weighted by Gasteiger charge is -2.14. The summed E-state index contributed by atoms with van der Waals surface area (Å²) in [6.45, 7) is 0. The molecule has 0 atom stereocenters. The molecule has 0 bridgehead atoms. The third kappa shape index (κ3) is 1.46. The van der Waals surface area contributed by atoms with E-state index in [-0.39, 0.29) is 5.78 Å². The number of Topliss-reactive ketones (excluding diaryl/α,β-unsaturated/α-hetero) is 1. The monoisotopic (exact) mass is 260 g/mol. The maximum absolute atomic E-state index is 12.2. The van der Waals surface area contributed by atoms with E-state index < -0.39 is 0 Å². The van der Waals surface area contributed by atoms with Gasteiger partial charge in [0.2, 0.25) is 0 Å². The van der Waals surface area contributed by atoms with Crippen molar-refractivity contribution < 1.29 is 4.79 Å². The number of carbonyl (C=O) groups excluding carboxylic acids is 1. The Morgan fingerprint density at radius 3 is 2.45 bits per heavy atom. The van der Waals surface area contributed by atoms with Crippen LogP contribution < -0.4 is 5.73 Å². The first-order valence-corrected chi connectivity index (χ1v) is 6.55. The molecule has 4 rings (SSSR count). The van der Waals surface area contributed by atoms with Gasteiger partial charge < -0.3 is 5.73 Å². The molecular formula is C17H12N2O. The normalized spacial score (nSPS) is 13.9. The lowest BCUT2D eigenvalue weighted by Crippen LogP contribution is -2.06. The molecule has 0 amide bonds. The molecule has 0 unspecified atom stereocenters. The van der Waals surface area contributed by atoms with E-state index in [0.717, 1.165) is 21.5 Å². The van der Waals surface area contributed by atoms with Crippen molar-refractivity contribution in [2.45, 2.75) is 6.42 Å². The van der Waals surface area contributed by atoms with E-state index in [1.54, 1.807) is 12.3 Å². The number of rotatable bonds is 0. The van der Waals surface area contributed by atoms with Gasteiger partial charge in [-0.25, -0.2) is 0 Å². The summed E-state index contributed by atoms with van der Waals surface area (Å²) >= 11 is 0. The predicted molar refractivity (Wildman–Crippen MR) is 83.0 cm³/mol. The Morgan fingerprint density at radius 1 is 1.00 bits per heavy atom. The number of nitrogen functional groups attached to an aromatic ring is 1. The molecule has 3 aromatic rings. The molecular weight excluding hydrogens is 248 g/mol. The summed E-state index contributed by atoms with van der Waals surface area (Å²) in [6, 6.07) is 14.0. The summed E-state index contributed by atoms with van der Waals surface area (Å²) < 4.78 is 0. The largest absolute Gasteiger partial charge is 0.398 e. The maximum Gasteiger partial charge on any atom is 0.170 e. The molecule has 96 valence electrons. The van der Waals surface area contributed by atoms with Gasteiger partial charge in [0.25, 0.3) is 0 Å². The topological polar surface area (TPSA) is 55.5 Å². The van der Waals surface area contributed by atoms with E-state index in [1.807, 2.05) is 36.4 Å². The van der Waals surface area contributed by atoms with E-state index in [1.165, 1.54) is 0 Å². The van der Waals surface area contributed by atoms with Crippen molar-refractivity contribution in [3.05, 3.63) is 48.0 Å². The summed E-state index contributed by atoms with van der Waals surface area (Å²) in [7, 11) is 0. The average molecular weight is 260 g/mol. The van der Waals surface area contributed by atoms with Gasteiger partial charge in [-0.1, -0.05) is 24.3 Å². The summed E-state index contributed by atoms with van der Waals surface area (Å²) in [5.41, 5.74) is 8.17. The second kappa shape index (κ2) is 3.90. The highest BCUT2D eigenvalue weighted by molar-refractivity contribution is 6.21. The first kappa shape index (κ1) is 11.2. The van der Waals surface area contributed by atoms with Crippen molar-refractivity contribution in [1.82, 2.24) is 0 Å². The summed E-state index contributed by atoms with van der Waals surface area (Å²) in [6.07, 6.45) is 2.01. The predicted octanol–water partition coefficient (Wildman–Crippen LogP) is 3.86. The molecule has 0 spiro atoms. The van der Waals surface area contributed by atoms with Gasteiger partial charge in [-0.05, 0) is 34.4 Å². The smallest absolute Gasteiger partial charge is 0.170 e. The van der Waals surface area contributed by atoms with Gasteiger partial charge in [0, 0.05) is 23.7 Å². The van der Waals surface area contributed by atoms with Crippen LogP contribution in [-0.2, 0) is 0 Å². The number of anilines is 1. The molecule has 1 aliphatic rings. The Labute approximate surface area is 115 Å². The average Bonchev–Trinajstić information content (AvgIpc) is 2.46. The number of benzene rings is 3. The molecule has 0 saturated heterocycles. The Bertz CT molecular complexity index is 910. The standard InChI is InChI=1S/C17H12N2O/c18-14-9-15-17(16(20)5-6-19-15)13-8-11-4-2-1-3-10(11)7-12(13)14/h1-4,6-9H,5,18H2. The zero-order chi connectivity index (χ0) is 13.7. The first-order chi connectivity index (χ1) is 9.74. The molecule has 1 heterocycles. The van der Waals surface area contributed by atoms with Gasteiger partial charge in [-0.3, -0.25) is 9.79 Å². The molecule has 0 radical (unpaired) electrons. The van der Waals surface area contributed by atoms with E-state index in [9.17, 15) is 4.79 Å². The van der Waals surface area contributed by atoms with Gasteiger partial charge in [-0.2, -0.15) is 0 Å². The SMILES string of the molecule is Nc1cc2c(c3cc4ccccc4cc13)C(=O)CC=N2. The summed E-state index contributed by atoms with van der Waals surface area (Å²) in [4.78, 5) is 16.5. The van der Waals surface area contributed by atoms with Crippen molar-refractivity contribution in [3.63, 3.8) is 0 Å². The van der Waals surface area contributed by atoms with Crippen LogP contribution in [0.1, 0.15) is 16.8 Å². The quantitative estimate of drug-likeness (QED) is 0.493. The van der Waals surface area contributed by atoms with Crippen LogP contribution in [0, 0.1) is 0 Å². The number of carbonyl (C=O) groups is 1. The zero-order valence-electron chi connectivity index (χ0n) is 10.8. The fraction of sp³-hybridized carbons (Fsp3) is 0.0588. The molecule has 0 aromatic heterocycles. The van der Waals surface area contributed by atoms with E-state index >= 15 is 0 Å². The van der Waals surface area contributed by atoms with Crippen molar-refractivity contribution >= 4 is 44.9 Å². The van der Waals surface area contributed by atoms with Gasteiger partial charge >= 0.3 is 0 Å². The van der Waals surface area contributed by atoms with Crippen LogP contribution in [0.4, 0.5) is 11.4 Å². The fourth-order valence-electron chi connectivity index (χ4n) is 2.84. The minimum absolute atomic E-state index is 0.107. The van der Waals surface area contributed by atoms with Crippen LogP contribution in [0.5, 0.6) is 0 Å². The lowest BCUT2D eigenvalue weighted by atomic mass is 9.93. The molecule has 3 nitrogen and oxygen atoms in total. The third-order valence-electron chi connectivity index (χ3n) is 3.80. The van der Waals surface area contributed by atoms with E-state index in [2.05, 4.69) is 4.99 Å². The number of ketones is 1. The van der Waals surface area contributed by atoms with Gasteiger partial charge in [0.15, 0.2) is 5.78 Å². The van der Waals surface area contributed by atoms with Crippen molar-refractivity contribution in [1.29, 1.82) is 0 Å². The van der Waals surface area contributed by atoms with Crippen molar-refractivity contribution in [2.24, 2.45) is 4.99 Å². The number of aliphatic imine (C=N–C) groups is 1. The number of nitrogens with two attached hydrogens (primary N) is 1. The van der Waals surface area contributed by atoms with Crippen LogP contribution in [0.25, 0.3) is 21.5 Å². The summed E-state index contributed by atoms with van der Waals surface area (Å²) in [5.74, 6) is 0.107. The molecule has 3 heteroatoms. The number of nitrogens with zero attached hydrogens (tertiary/aromatic N) is 1. The van der Waals surface area contributed by atoms with Gasteiger partial charge in [0.05, 0.1) is 11.3 Å². The van der Waals surface area contributed by atoms with E-state index in [4.69, 9.17) is 5.73 Å². The molecule has 0 saturated carbocycles. The summed E-state index contributed by atoms with van der Waals surface area (Å²) in [5, 5.41) is 4.06. The third-order valence-corrected chi connectivity index (χ3v) is 3.80.